The van der Waals surface area contributed by atoms with Gasteiger partial charge in [-0.15, -0.1) is 5.10 Å². The van der Waals surface area contributed by atoms with E-state index in [2.05, 4.69) is 25.2 Å². The van der Waals surface area contributed by atoms with Crippen molar-refractivity contribution in [3.8, 4) is 11.1 Å². The molecule has 0 amide bonds. The lowest BCUT2D eigenvalue weighted by atomic mass is 9.68. The minimum atomic E-state index is -1.82. The first-order valence-electron chi connectivity index (χ1n) is 26.7. The maximum Gasteiger partial charge on any atom is 0.309 e. The number of hydrogen-bond acceptors (Lipinski definition) is 18. The van der Waals surface area contributed by atoms with Crippen molar-refractivity contribution in [2.45, 2.75) is 205 Å². The number of rotatable bonds is 15. The molecule has 5 heterocycles. The standard InChI is InChI=1S/C55H87N7O12/c1-14-45-55(10,69)48(65)36(6)61(12)29-32(2)25-53(8,68)50(34(4)46(35(5)51(67)73-45)44-26-54(9,70-13)49(66)37(7)72-44)74-52-47(64)42(24-33(3)71-52)60(11)23-21-41-30-62(59-58-41)22-15-16-43(63)39-19-17-38(18-20-39)40-27-56-31-57-28-40/h17-20,27-28,30-37,42,44-50,52,64-66,68-69H,14-16,21-26,29H2,1-13H3/t32-,33-,34+,35-,36-,37+,42+,44?,45-,46+,47-,48-,49+,50-,52+,53-,54-,55-/m1/s1. The second-order valence-corrected chi connectivity index (χ2v) is 22.7. The normalized spacial score (nSPS) is 38.3. The Bertz CT molecular complexity index is 2250. The zero-order valence-electron chi connectivity index (χ0n) is 46.1. The van der Waals surface area contributed by atoms with Crippen molar-refractivity contribution in [2.24, 2.45) is 23.7 Å². The van der Waals surface area contributed by atoms with Gasteiger partial charge in [0.25, 0.3) is 0 Å². The molecule has 3 aromatic rings. The molecule has 74 heavy (non-hydrogen) atoms. The van der Waals surface area contributed by atoms with Crippen LogP contribution in [0.25, 0.3) is 11.1 Å². The van der Waals surface area contributed by atoms with Crippen molar-refractivity contribution in [3.63, 3.8) is 0 Å². The molecule has 1 aromatic carbocycles. The first kappa shape index (κ1) is 59.4. The Kier molecular flexibility index (Phi) is 20.1. The Morgan fingerprint density at radius 2 is 1.62 bits per heavy atom. The van der Waals surface area contributed by atoms with E-state index in [1.165, 1.54) is 20.4 Å². The Balaban J connectivity index is 1.20. The fraction of sp³-hybridized carbons (Fsp3) is 0.745. The zero-order valence-corrected chi connectivity index (χ0v) is 46.1. The average Bonchev–Trinajstić information content (AvgIpc) is 3.82. The predicted octanol–water partition coefficient (Wildman–Crippen LogP) is 4.50. The van der Waals surface area contributed by atoms with Gasteiger partial charge in [-0.1, -0.05) is 57.2 Å². The van der Waals surface area contributed by atoms with E-state index in [0.717, 1.165) is 16.8 Å². The van der Waals surface area contributed by atoms with Crippen LogP contribution in [0, 0.1) is 23.7 Å². The SMILES string of the molecule is CC[C@H]1OC(=O)[C@H](C)[C@@H](C2C[C@@](C)(OC)[C@@H](O)[C@H](C)O2)[C@H](C)[C@@H](O[C@@H]2O[C@H](C)C[C@H](N(C)CCc3cn(CCCC(=O)c4ccc(-c5cncnc5)cc4)nn3)[C@H]2O)[C@](C)(O)C[C@@H](C)CN(C)[C@H](C)[C@@H](O)[C@]1(C)O. The maximum atomic E-state index is 14.6. The number of hydrogen-bond donors (Lipinski definition) is 5. The van der Waals surface area contributed by atoms with Crippen molar-refractivity contribution in [1.82, 2.24) is 34.8 Å². The molecule has 3 saturated heterocycles. The van der Waals surface area contributed by atoms with Crippen molar-refractivity contribution in [1.29, 1.82) is 0 Å². The summed E-state index contributed by atoms with van der Waals surface area (Å²) in [6.45, 7) is 19.4. The largest absolute Gasteiger partial charge is 0.459 e. The van der Waals surface area contributed by atoms with Gasteiger partial charge in [0.15, 0.2) is 12.1 Å². The van der Waals surface area contributed by atoms with Gasteiger partial charge in [-0.05, 0) is 98.7 Å². The van der Waals surface area contributed by atoms with Crippen molar-refractivity contribution in [2.75, 3.05) is 34.3 Å². The first-order valence-corrected chi connectivity index (χ1v) is 26.7. The summed E-state index contributed by atoms with van der Waals surface area (Å²) in [4.78, 5) is 39.8. The van der Waals surface area contributed by atoms with E-state index in [-0.39, 0.29) is 37.1 Å². The third kappa shape index (κ3) is 13.8. The smallest absolute Gasteiger partial charge is 0.309 e. The minimum absolute atomic E-state index is 0.0435. The number of esters is 1. The lowest BCUT2D eigenvalue weighted by molar-refractivity contribution is -0.302. The summed E-state index contributed by atoms with van der Waals surface area (Å²) in [7, 11) is 5.31. The molecule has 0 radical (unpaired) electrons. The number of Topliss-reactive ketones (excluding diaryl/α,β-unsaturated/α-hetero) is 1. The number of aryl methyl sites for hydroxylation is 1. The second kappa shape index (κ2) is 25.1. The van der Waals surface area contributed by atoms with Crippen LogP contribution in [0.2, 0.25) is 0 Å². The number of carbonyl (C=O) groups is 2. The minimum Gasteiger partial charge on any atom is -0.459 e. The zero-order chi connectivity index (χ0) is 54.4. The number of nitrogens with zero attached hydrogens (tertiary/aromatic N) is 7. The fourth-order valence-electron chi connectivity index (χ4n) is 12.1. The van der Waals surface area contributed by atoms with Gasteiger partial charge in [0, 0.05) is 93.7 Å². The molecule has 2 aromatic heterocycles. The van der Waals surface area contributed by atoms with Crippen LogP contribution >= 0.6 is 0 Å². The number of likely N-dealkylation sites (N-methyl/N-ethyl adjacent to an activating group) is 2. The van der Waals surface area contributed by atoms with E-state index >= 15 is 0 Å². The monoisotopic (exact) mass is 1040 g/mol. The number of aromatic nitrogens is 5. The molecular weight excluding hydrogens is 951 g/mol. The predicted molar refractivity (Wildman–Crippen MR) is 276 cm³/mol. The third-order valence-electron chi connectivity index (χ3n) is 16.7. The van der Waals surface area contributed by atoms with Crippen LogP contribution < -0.4 is 0 Å². The third-order valence-corrected chi connectivity index (χ3v) is 16.7. The number of aliphatic hydroxyl groups is 5. The van der Waals surface area contributed by atoms with Gasteiger partial charge in [-0.3, -0.25) is 14.3 Å². The highest BCUT2D eigenvalue weighted by atomic mass is 16.7. The van der Waals surface area contributed by atoms with E-state index in [0.29, 0.717) is 50.9 Å². The number of methoxy groups -OCH3 is 1. The van der Waals surface area contributed by atoms with Gasteiger partial charge in [0.05, 0.1) is 47.2 Å². The Labute approximate surface area is 438 Å². The van der Waals surface area contributed by atoms with E-state index in [4.69, 9.17) is 23.7 Å². The van der Waals surface area contributed by atoms with Gasteiger partial charge >= 0.3 is 5.97 Å². The molecule has 3 fully saturated rings. The van der Waals surface area contributed by atoms with Crippen LogP contribution in [0.5, 0.6) is 0 Å². The lowest BCUT2D eigenvalue weighted by Gasteiger charge is -2.51. The lowest BCUT2D eigenvalue weighted by Crippen LogP contribution is -2.62. The Hall–Kier alpha value is -3.86. The number of benzene rings is 1. The van der Waals surface area contributed by atoms with Gasteiger partial charge in [0.2, 0.25) is 0 Å². The summed E-state index contributed by atoms with van der Waals surface area (Å²) in [5, 5.41) is 68.9. The van der Waals surface area contributed by atoms with Gasteiger partial charge < -0.3 is 59.0 Å². The molecule has 19 nitrogen and oxygen atoms in total. The molecule has 3 aliphatic rings. The van der Waals surface area contributed by atoms with Crippen molar-refractivity contribution in [3.05, 3.63) is 60.4 Å². The molecular formula is C55H87N7O12. The molecule has 0 aliphatic carbocycles. The molecule has 1 unspecified atom stereocenters. The van der Waals surface area contributed by atoms with Gasteiger partial charge in [0.1, 0.15) is 36.3 Å². The molecule has 18 atom stereocenters. The molecule has 3 aliphatic heterocycles. The van der Waals surface area contributed by atoms with Gasteiger partial charge in [-0.25, -0.2) is 9.97 Å². The topological polar surface area (TPSA) is 244 Å². The van der Waals surface area contributed by atoms with Crippen LogP contribution in [-0.2, 0) is 41.4 Å². The Morgan fingerprint density at radius 1 is 0.946 bits per heavy atom. The number of aliphatic hydroxyl groups excluding tert-OH is 3. The van der Waals surface area contributed by atoms with E-state index < -0.39 is 102 Å². The summed E-state index contributed by atoms with van der Waals surface area (Å²) in [5.74, 6) is -3.13. The first-order chi connectivity index (χ1) is 34.8. The van der Waals surface area contributed by atoms with Crippen molar-refractivity contribution >= 4 is 11.8 Å². The fourth-order valence-corrected chi connectivity index (χ4v) is 12.1. The number of cyclic esters (lactones) is 1. The number of ether oxygens (including phenoxy) is 5. The highest BCUT2D eigenvalue weighted by Gasteiger charge is 2.55. The number of carbonyl (C=O) groups excluding carboxylic acids is 2. The van der Waals surface area contributed by atoms with Crippen LogP contribution in [0.4, 0.5) is 0 Å². The molecule has 5 N–H and O–H groups in total. The quantitative estimate of drug-likeness (QED) is 0.104. The van der Waals surface area contributed by atoms with Crippen LogP contribution in [0.1, 0.15) is 124 Å². The molecule has 6 rings (SSSR count). The van der Waals surface area contributed by atoms with E-state index in [1.54, 1.807) is 51.7 Å². The second-order valence-electron chi connectivity index (χ2n) is 22.7. The molecule has 0 spiro atoms. The van der Waals surface area contributed by atoms with Crippen LogP contribution in [0.3, 0.4) is 0 Å². The molecule has 0 saturated carbocycles. The summed E-state index contributed by atoms with van der Waals surface area (Å²) >= 11 is 0. The molecule has 414 valence electrons. The average molecular weight is 1040 g/mol. The molecule has 0 bridgehead atoms. The maximum absolute atomic E-state index is 14.6. The van der Waals surface area contributed by atoms with Crippen molar-refractivity contribution < 1.29 is 58.8 Å². The van der Waals surface area contributed by atoms with E-state index in [9.17, 15) is 35.1 Å². The van der Waals surface area contributed by atoms with E-state index in [1.807, 2.05) is 77.2 Å². The van der Waals surface area contributed by atoms with Crippen LogP contribution in [0.15, 0.2) is 49.2 Å². The Morgan fingerprint density at radius 3 is 2.27 bits per heavy atom. The summed E-state index contributed by atoms with van der Waals surface area (Å²) in [5.41, 5.74) is -1.26. The summed E-state index contributed by atoms with van der Waals surface area (Å²) in [6, 6.07) is 6.46. The molecule has 19 heteroatoms. The summed E-state index contributed by atoms with van der Waals surface area (Å²) in [6.07, 6.45) is 0.859. The summed E-state index contributed by atoms with van der Waals surface area (Å²) < 4.78 is 34.0. The highest BCUT2D eigenvalue weighted by Crippen LogP contribution is 2.45. The number of ketones is 1. The van der Waals surface area contributed by atoms with Crippen LogP contribution in [-0.4, -0.2) is 190 Å². The highest BCUT2D eigenvalue weighted by molar-refractivity contribution is 5.96. The van der Waals surface area contributed by atoms with Gasteiger partial charge in [-0.2, -0.15) is 0 Å².